The lowest BCUT2D eigenvalue weighted by Crippen LogP contribution is -2.37. The minimum absolute atomic E-state index is 0.241. The van der Waals surface area contributed by atoms with E-state index in [0.717, 1.165) is 5.69 Å². The van der Waals surface area contributed by atoms with Crippen LogP contribution in [0.15, 0.2) is 43.4 Å². The van der Waals surface area contributed by atoms with Crippen LogP contribution in [-0.2, 0) is 0 Å². The molecule has 0 bridgehead atoms. The Morgan fingerprint density at radius 1 is 1.65 bits per heavy atom. The number of carbonyl (C=O) groups excluding carboxylic acids is 1. The van der Waals surface area contributed by atoms with Crippen LogP contribution >= 0.6 is 11.6 Å². The van der Waals surface area contributed by atoms with Gasteiger partial charge in [0.05, 0.1) is 18.1 Å². The molecule has 1 N–H and O–H groups in total. The molecule has 0 fully saturated rings. The fourth-order valence-corrected chi connectivity index (χ4v) is 1.83. The van der Waals surface area contributed by atoms with Crippen molar-refractivity contribution >= 4 is 23.3 Å². The maximum Gasteiger partial charge on any atom is 0.322 e. The highest BCUT2D eigenvalue weighted by molar-refractivity contribution is 6.32. The smallest absolute Gasteiger partial charge is 0.322 e. The number of hydrogen-bond donors (Lipinski definition) is 1. The number of rotatable bonds is 4. The monoisotopic (exact) mass is 291 g/mol. The third-order valence-corrected chi connectivity index (χ3v) is 2.89. The van der Waals surface area contributed by atoms with Crippen LogP contribution in [0.4, 0.5) is 10.5 Å². The lowest BCUT2D eigenvalue weighted by atomic mass is 10.4. The van der Waals surface area contributed by atoms with E-state index in [1.54, 1.807) is 42.5 Å². The number of urea groups is 1. The molecule has 0 aliphatic rings. The molecule has 0 aliphatic carbocycles. The third kappa shape index (κ3) is 2.97. The zero-order valence-electron chi connectivity index (χ0n) is 11.0. The first-order valence-corrected chi connectivity index (χ1v) is 6.29. The Labute approximate surface area is 121 Å². The van der Waals surface area contributed by atoms with Gasteiger partial charge < -0.3 is 5.32 Å². The zero-order valence-corrected chi connectivity index (χ0v) is 11.7. The van der Waals surface area contributed by atoms with E-state index in [0.29, 0.717) is 12.2 Å². The predicted octanol–water partition coefficient (Wildman–Crippen LogP) is 2.25. The first-order chi connectivity index (χ1) is 9.63. The van der Waals surface area contributed by atoms with Crippen LogP contribution in [0.3, 0.4) is 0 Å². The summed E-state index contributed by atoms with van der Waals surface area (Å²) in [5.74, 6) is 0. The van der Waals surface area contributed by atoms with Crippen molar-refractivity contribution < 1.29 is 4.79 Å². The highest BCUT2D eigenvalue weighted by atomic mass is 35.5. The second kappa shape index (κ2) is 6.21. The first kappa shape index (κ1) is 14.1. The van der Waals surface area contributed by atoms with E-state index in [1.807, 2.05) is 6.07 Å². The van der Waals surface area contributed by atoms with Gasteiger partial charge >= 0.3 is 6.03 Å². The average Bonchev–Trinajstić information content (AvgIpc) is 2.87. The number of halogens is 1. The van der Waals surface area contributed by atoms with Gasteiger partial charge in [-0.2, -0.15) is 5.10 Å². The van der Waals surface area contributed by atoms with Gasteiger partial charge in [-0.25, -0.2) is 9.48 Å². The molecule has 0 atom stereocenters. The molecule has 2 aromatic rings. The summed E-state index contributed by atoms with van der Waals surface area (Å²) in [4.78, 5) is 17.3. The summed E-state index contributed by atoms with van der Waals surface area (Å²) in [6.07, 6.45) is 6.61. The Hall–Kier alpha value is -2.34. The number of hydrogen-bond acceptors (Lipinski definition) is 3. The van der Waals surface area contributed by atoms with Crippen LogP contribution in [0.25, 0.3) is 5.69 Å². The molecule has 6 nitrogen and oxygen atoms in total. The van der Waals surface area contributed by atoms with E-state index in [9.17, 15) is 4.79 Å². The molecule has 104 valence electrons. The summed E-state index contributed by atoms with van der Waals surface area (Å²) in [6, 6.07) is 3.36. The number of anilines is 1. The van der Waals surface area contributed by atoms with Crippen LogP contribution < -0.4 is 10.2 Å². The summed E-state index contributed by atoms with van der Waals surface area (Å²) in [6.45, 7) is 3.93. The maximum absolute atomic E-state index is 11.9. The molecule has 0 saturated carbocycles. The molecule has 2 amide bonds. The summed E-state index contributed by atoms with van der Waals surface area (Å²) in [5.41, 5.74) is 1.28. The lowest BCUT2D eigenvalue weighted by molar-refractivity contribution is 0.248. The fourth-order valence-electron chi connectivity index (χ4n) is 1.58. The van der Waals surface area contributed by atoms with Gasteiger partial charge in [0.15, 0.2) is 5.15 Å². The zero-order chi connectivity index (χ0) is 14.5. The standard InChI is InChI=1S/C13H14ClN5O/c1-3-6-16-13(20)18(2)11-9-19(17-12(11)14)10-5-4-7-15-8-10/h3-5,7-9H,1,6H2,2H3,(H,16,20). The van der Waals surface area contributed by atoms with E-state index in [1.165, 1.54) is 4.90 Å². The Morgan fingerprint density at radius 3 is 3.10 bits per heavy atom. The predicted molar refractivity (Wildman–Crippen MR) is 78.4 cm³/mol. The van der Waals surface area contributed by atoms with Crippen molar-refractivity contribution in [3.8, 4) is 5.69 Å². The quantitative estimate of drug-likeness (QED) is 0.879. The van der Waals surface area contributed by atoms with Crippen molar-refractivity contribution in [1.29, 1.82) is 0 Å². The molecular formula is C13H14ClN5O. The number of aromatic nitrogens is 3. The van der Waals surface area contributed by atoms with Crippen LogP contribution in [0.2, 0.25) is 5.15 Å². The number of nitrogens with one attached hydrogen (secondary N) is 1. The third-order valence-electron chi connectivity index (χ3n) is 2.63. The number of pyridine rings is 1. The number of carbonyl (C=O) groups is 1. The summed E-state index contributed by atoms with van der Waals surface area (Å²) in [7, 11) is 1.62. The molecule has 7 heteroatoms. The van der Waals surface area contributed by atoms with E-state index in [4.69, 9.17) is 11.6 Å². The van der Waals surface area contributed by atoms with Crippen molar-refractivity contribution in [1.82, 2.24) is 20.1 Å². The number of nitrogens with zero attached hydrogens (tertiary/aromatic N) is 4. The average molecular weight is 292 g/mol. The van der Waals surface area contributed by atoms with E-state index >= 15 is 0 Å². The second-order valence-corrected chi connectivity index (χ2v) is 4.35. The second-order valence-electron chi connectivity index (χ2n) is 3.99. The first-order valence-electron chi connectivity index (χ1n) is 5.91. The van der Waals surface area contributed by atoms with Crippen LogP contribution in [0.5, 0.6) is 0 Å². The van der Waals surface area contributed by atoms with Crippen molar-refractivity contribution in [3.63, 3.8) is 0 Å². The Balaban J connectivity index is 2.23. The molecule has 0 unspecified atom stereocenters. The highest BCUT2D eigenvalue weighted by Crippen LogP contribution is 2.24. The molecule has 20 heavy (non-hydrogen) atoms. The van der Waals surface area contributed by atoms with Crippen LogP contribution in [0.1, 0.15) is 0 Å². The van der Waals surface area contributed by atoms with Crippen molar-refractivity contribution in [2.45, 2.75) is 0 Å². The Kier molecular flexibility index (Phi) is 4.37. The molecule has 2 heterocycles. The minimum atomic E-state index is -0.280. The Bertz CT molecular complexity index is 610. The molecule has 0 aromatic carbocycles. The van der Waals surface area contributed by atoms with Crippen LogP contribution in [0, 0.1) is 0 Å². The topological polar surface area (TPSA) is 63.1 Å². The fraction of sp³-hybridized carbons (Fsp3) is 0.154. The van der Waals surface area contributed by atoms with Gasteiger partial charge in [0, 0.05) is 19.8 Å². The van der Waals surface area contributed by atoms with Crippen molar-refractivity contribution in [2.75, 3.05) is 18.5 Å². The van der Waals surface area contributed by atoms with Crippen molar-refractivity contribution in [2.24, 2.45) is 0 Å². The van der Waals surface area contributed by atoms with Crippen molar-refractivity contribution in [3.05, 3.63) is 48.5 Å². The van der Waals surface area contributed by atoms with Gasteiger partial charge in [-0.1, -0.05) is 17.7 Å². The normalized spacial score (nSPS) is 10.1. The van der Waals surface area contributed by atoms with Gasteiger partial charge in [-0.3, -0.25) is 9.88 Å². The summed E-state index contributed by atoms with van der Waals surface area (Å²) in [5, 5.41) is 7.07. The molecule has 0 saturated heterocycles. The number of amides is 2. The highest BCUT2D eigenvalue weighted by Gasteiger charge is 2.17. The largest absolute Gasteiger partial charge is 0.334 e. The lowest BCUT2D eigenvalue weighted by Gasteiger charge is -2.15. The SMILES string of the molecule is C=CCNC(=O)N(C)c1cn(-c2cccnc2)nc1Cl. The summed E-state index contributed by atoms with van der Waals surface area (Å²) < 4.78 is 1.57. The molecule has 2 rings (SSSR count). The Morgan fingerprint density at radius 2 is 2.45 bits per heavy atom. The minimum Gasteiger partial charge on any atom is -0.334 e. The molecule has 0 spiro atoms. The van der Waals surface area contributed by atoms with Crippen LogP contribution in [-0.4, -0.2) is 34.4 Å². The van der Waals surface area contributed by atoms with Gasteiger partial charge in [0.1, 0.15) is 5.69 Å². The van der Waals surface area contributed by atoms with Gasteiger partial charge in [-0.05, 0) is 12.1 Å². The molecule has 0 radical (unpaired) electrons. The summed E-state index contributed by atoms with van der Waals surface area (Å²) >= 11 is 6.07. The van der Waals surface area contributed by atoms with Gasteiger partial charge in [0.25, 0.3) is 0 Å². The van der Waals surface area contributed by atoms with E-state index in [-0.39, 0.29) is 11.2 Å². The van der Waals surface area contributed by atoms with Gasteiger partial charge in [0.2, 0.25) is 0 Å². The van der Waals surface area contributed by atoms with Gasteiger partial charge in [-0.15, -0.1) is 6.58 Å². The van der Waals surface area contributed by atoms with E-state index < -0.39 is 0 Å². The maximum atomic E-state index is 11.9. The molecule has 2 aromatic heterocycles. The molecular weight excluding hydrogens is 278 g/mol. The van der Waals surface area contributed by atoms with E-state index in [2.05, 4.69) is 22.0 Å². The molecule has 0 aliphatic heterocycles.